The van der Waals surface area contributed by atoms with Crippen molar-refractivity contribution >= 4 is 11.7 Å². The summed E-state index contributed by atoms with van der Waals surface area (Å²) in [5.74, 6) is -0.875. The number of aromatic carboxylic acids is 1. The second-order valence-corrected chi connectivity index (χ2v) is 5.25. The van der Waals surface area contributed by atoms with Crippen LogP contribution in [0.5, 0.6) is 0 Å². The first-order chi connectivity index (χ1) is 7.29. The Morgan fingerprint density at radius 1 is 1.38 bits per heavy atom. The van der Waals surface area contributed by atoms with Crippen molar-refractivity contribution in [2.24, 2.45) is 5.41 Å². The Hall–Kier alpha value is -1.51. The van der Waals surface area contributed by atoms with Crippen LogP contribution < -0.4 is 5.32 Å². The van der Waals surface area contributed by atoms with Crippen LogP contribution in [0.25, 0.3) is 0 Å². The predicted octanol–water partition coefficient (Wildman–Crippen LogP) is 3.15. The fraction of sp³-hybridized carbons (Fsp3) is 0.462. The summed E-state index contributed by atoms with van der Waals surface area (Å²) in [6.45, 7) is 9.13. The van der Waals surface area contributed by atoms with Crippen LogP contribution in [-0.2, 0) is 0 Å². The number of benzene rings is 1. The SMILES string of the molecule is Cc1cc(NCC(C)(C)C)ccc1C(=O)O. The number of hydrogen-bond donors (Lipinski definition) is 2. The van der Waals surface area contributed by atoms with Crippen molar-refractivity contribution in [2.75, 3.05) is 11.9 Å². The molecule has 1 aromatic rings. The van der Waals surface area contributed by atoms with Gasteiger partial charge in [0, 0.05) is 12.2 Å². The molecule has 0 aliphatic carbocycles. The third-order valence-electron chi connectivity index (χ3n) is 2.28. The van der Waals surface area contributed by atoms with Crippen molar-refractivity contribution in [3.63, 3.8) is 0 Å². The molecule has 1 rings (SSSR count). The zero-order valence-electron chi connectivity index (χ0n) is 10.3. The molecule has 0 atom stereocenters. The molecule has 0 unspecified atom stereocenters. The van der Waals surface area contributed by atoms with Gasteiger partial charge in [-0.15, -0.1) is 0 Å². The van der Waals surface area contributed by atoms with E-state index in [2.05, 4.69) is 26.1 Å². The van der Waals surface area contributed by atoms with Gasteiger partial charge in [-0.2, -0.15) is 0 Å². The zero-order chi connectivity index (χ0) is 12.3. The second-order valence-electron chi connectivity index (χ2n) is 5.25. The highest BCUT2D eigenvalue weighted by molar-refractivity contribution is 5.89. The molecular weight excluding hydrogens is 202 g/mol. The molecule has 0 radical (unpaired) electrons. The number of carboxylic acids is 1. The van der Waals surface area contributed by atoms with Gasteiger partial charge in [-0.3, -0.25) is 0 Å². The molecule has 1 aromatic carbocycles. The van der Waals surface area contributed by atoms with Gasteiger partial charge in [0.1, 0.15) is 0 Å². The molecule has 0 fully saturated rings. The number of rotatable bonds is 3. The smallest absolute Gasteiger partial charge is 0.335 e. The van der Waals surface area contributed by atoms with E-state index in [1.165, 1.54) is 0 Å². The van der Waals surface area contributed by atoms with Gasteiger partial charge in [-0.1, -0.05) is 20.8 Å². The molecule has 16 heavy (non-hydrogen) atoms. The lowest BCUT2D eigenvalue weighted by Gasteiger charge is -2.20. The van der Waals surface area contributed by atoms with E-state index in [1.54, 1.807) is 6.07 Å². The van der Waals surface area contributed by atoms with Gasteiger partial charge in [0.2, 0.25) is 0 Å². The molecule has 0 aliphatic rings. The minimum absolute atomic E-state index is 0.208. The fourth-order valence-electron chi connectivity index (χ4n) is 1.38. The summed E-state index contributed by atoms with van der Waals surface area (Å²) >= 11 is 0. The second kappa shape index (κ2) is 4.56. The van der Waals surface area contributed by atoms with Gasteiger partial charge in [-0.05, 0) is 36.1 Å². The van der Waals surface area contributed by atoms with Crippen molar-refractivity contribution in [3.05, 3.63) is 29.3 Å². The highest BCUT2D eigenvalue weighted by Crippen LogP contribution is 2.18. The average Bonchev–Trinajstić information content (AvgIpc) is 2.13. The average molecular weight is 221 g/mol. The monoisotopic (exact) mass is 221 g/mol. The molecule has 0 spiro atoms. The van der Waals surface area contributed by atoms with E-state index in [0.29, 0.717) is 5.56 Å². The van der Waals surface area contributed by atoms with Crippen molar-refractivity contribution in [1.82, 2.24) is 0 Å². The Labute approximate surface area is 96.5 Å². The van der Waals surface area contributed by atoms with Crippen LogP contribution in [0.4, 0.5) is 5.69 Å². The number of anilines is 1. The molecule has 0 bridgehead atoms. The van der Waals surface area contributed by atoms with Crippen molar-refractivity contribution < 1.29 is 9.90 Å². The summed E-state index contributed by atoms with van der Waals surface area (Å²) in [5.41, 5.74) is 2.32. The van der Waals surface area contributed by atoms with Gasteiger partial charge in [0.05, 0.1) is 5.56 Å². The van der Waals surface area contributed by atoms with Gasteiger partial charge in [0.25, 0.3) is 0 Å². The lowest BCUT2D eigenvalue weighted by molar-refractivity contribution is 0.0696. The Morgan fingerprint density at radius 2 is 2.00 bits per heavy atom. The van der Waals surface area contributed by atoms with Gasteiger partial charge in [0.15, 0.2) is 0 Å². The predicted molar refractivity (Wildman–Crippen MR) is 66.1 cm³/mol. The summed E-state index contributed by atoms with van der Waals surface area (Å²) in [5, 5.41) is 12.2. The minimum Gasteiger partial charge on any atom is -0.478 e. The number of carboxylic acid groups (broad SMARTS) is 1. The first-order valence-electron chi connectivity index (χ1n) is 5.37. The Kier molecular flexibility index (Phi) is 3.58. The van der Waals surface area contributed by atoms with Crippen LogP contribution >= 0.6 is 0 Å². The fourth-order valence-corrected chi connectivity index (χ4v) is 1.38. The minimum atomic E-state index is -0.875. The van der Waals surface area contributed by atoms with E-state index >= 15 is 0 Å². The number of nitrogens with one attached hydrogen (secondary N) is 1. The first-order valence-corrected chi connectivity index (χ1v) is 5.37. The third kappa shape index (κ3) is 3.57. The van der Waals surface area contributed by atoms with Crippen LogP contribution in [0, 0.1) is 12.3 Å². The van der Waals surface area contributed by atoms with Gasteiger partial charge < -0.3 is 10.4 Å². The Morgan fingerprint density at radius 3 is 2.44 bits per heavy atom. The molecule has 2 N–H and O–H groups in total. The maximum atomic E-state index is 10.8. The number of hydrogen-bond acceptors (Lipinski definition) is 2. The van der Waals surface area contributed by atoms with Crippen LogP contribution in [-0.4, -0.2) is 17.6 Å². The van der Waals surface area contributed by atoms with E-state index in [0.717, 1.165) is 17.8 Å². The van der Waals surface area contributed by atoms with E-state index in [9.17, 15) is 4.79 Å². The molecule has 0 amide bonds. The molecule has 0 heterocycles. The maximum absolute atomic E-state index is 10.8. The van der Waals surface area contributed by atoms with Crippen LogP contribution in [0.2, 0.25) is 0 Å². The molecule has 3 heteroatoms. The van der Waals surface area contributed by atoms with Crippen molar-refractivity contribution in [2.45, 2.75) is 27.7 Å². The standard InChI is InChI=1S/C13H19NO2/c1-9-7-10(14-8-13(2,3)4)5-6-11(9)12(15)16/h5-7,14H,8H2,1-4H3,(H,15,16). The van der Waals surface area contributed by atoms with E-state index in [-0.39, 0.29) is 5.41 Å². The topological polar surface area (TPSA) is 49.3 Å². The number of aryl methyl sites for hydroxylation is 1. The highest BCUT2D eigenvalue weighted by Gasteiger charge is 2.11. The Bertz CT molecular complexity index is 391. The Balaban J connectivity index is 2.78. The van der Waals surface area contributed by atoms with E-state index < -0.39 is 5.97 Å². The van der Waals surface area contributed by atoms with Crippen LogP contribution in [0.15, 0.2) is 18.2 Å². The van der Waals surface area contributed by atoms with Crippen molar-refractivity contribution in [3.8, 4) is 0 Å². The summed E-state index contributed by atoms with van der Waals surface area (Å²) in [6, 6.07) is 5.32. The third-order valence-corrected chi connectivity index (χ3v) is 2.28. The zero-order valence-corrected chi connectivity index (χ0v) is 10.3. The first kappa shape index (κ1) is 12.6. The molecule has 0 saturated heterocycles. The molecule has 0 aliphatic heterocycles. The molecule has 3 nitrogen and oxygen atoms in total. The summed E-state index contributed by atoms with van der Waals surface area (Å²) < 4.78 is 0. The molecule has 88 valence electrons. The van der Waals surface area contributed by atoms with E-state index in [4.69, 9.17) is 5.11 Å². The van der Waals surface area contributed by atoms with Crippen LogP contribution in [0.3, 0.4) is 0 Å². The highest BCUT2D eigenvalue weighted by atomic mass is 16.4. The van der Waals surface area contributed by atoms with Gasteiger partial charge >= 0.3 is 5.97 Å². The quantitative estimate of drug-likeness (QED) is 0.824. The molecular formula is C13H19NO2. The van der Waals surface area contributed by atoms with Crippen LogP contribution in [0.1, 0.15) is 36.7 Å². The maximum Gasteiger partial charge on any atom is 0.335 e. The summed E-state index contributed by atoms with van der Waals surface area (Å²) in [7, 11) is 0. The summed E-state index contributed by atoms with van der Waals surface area (Å²) in [6.07, 6.45) is 0. The summed E-state index contributed by atoms with van der Waals surface area (Å²) in [4.78, 5) is 10.8. The van der Waals surface area contributed by atoms with E-state index in [1.807, 2.05) is 19.1 Å². The lowest BCUT2D eigenvalue weighted by Crippen LogP contribution is -2.19. The van der Waals surface area contributed by atoms with Gasteiger partial charge in [-0.25, -0.2) is 4.79 Å². The largest absolute Gasteiger partial charge is 0.478 e. The lowest BCUT2D eigenvalue weighted by atomic mass is 9.97. The molecule has 0 aromatic heterocycles. The normalized spacial score (nSPS) is 11.2. The number of carbonyl (C=O) groups is 1. The van der Waals surface area contributed by atoms with Crippen molar-refractivity contribution in [1.29, 1.82) is 0 Å². The molecule has 0 saturated carbocycles.